The van der Waals surface area contributed by atoms with Gasteiger partial charge in [0.2, 0.25) is 0 Å². The van der Waals surface area contributed by atoms with Gasteiger partial charge in [0.05, 0.1) is 28.5 Å². The minimum Gasteiger partial charge on any atom is -0.478 e. The maximum atomic E-state index is 11.6. The van der Waals surface area contributed by atoms with Crippen molar-refractivity contribution in [2.45, 2.75) is 39.8 Å². The van der Waals surface area contributed by atoms with E-state index in [0.717, 1.165) is 18.7 Å². The number of carboxylic acids is 1. The molecule has 0 bridgehead atoms. The molecule has 0 aliphatic heterocycles. The third-order valence-electron chi connectivity index (χ3n) is 3.92. The molecule has 3 aromatic rings. The average Bonchev–Trinajstić information content (AvgIpc) is 3.18. The maximum Gasteiger partial charge on any atom is 0.336 e. The van der Waals surface area contributed by atoms with E-state index in [2.05, 4.69) is 22.1 Å². The molecule has 0 spiro atoms. The predicted molar refractivity (Wildman–Crippen MR) is 96.3 cm³/mol. The summed E-state index contributed by atoms with van der Waals surface area (Å²) < 4.78 is 3.64. The van der Waals surface area contributed by atoms with E-state index in [1.807, 2.05) is 36.7 Å². The summed E-state index contributed by atoms with van der Waals surface area (Å²) >= 11 is 0. The van der Waals surface area contributed by atoms with Gasteiger partial charge in [-0.1, -0.05) is 6.92 Å². The first-order chi connectivity index (χ1) is 12.0. The molecule has 130 valence electrons. The summed E-state index contributed by atoms with van der Waals surface area (Å²) in [7, 11) is 0. The van der Waals surface area contributed by atoms with Gasteiger partial charge in [-0.05, 0) is 44.6 Å². The fraction of sp³-hybridized carbons (Fsp3) is 0.333. The monoisotopic (exact) mass is 339 g/mol. The van der Waals surface area contributed by atoms with Crippen LogP contribution in [-0.4, -0.2) is 35.6 Å². The molecule has 1 N–H and O–H groups in total. The Hall–Kier alpha value is -2.96. The van der Waals surface area contributed by atoms with Crippen LogP contribution in [0, 0.1) is 0 Å². The predicted octanol–water partition coefficient (Wildman–Crippen LogP) is 3.49. The van der Waals surface area contributed by atoms with Gasteiger partial charge in [0, 0.05) is 18.8 Å². The van der Waals surface area contributed by atoms with Crippen LogP contribution in [0.1, 0.15) is 55.0 Å². The quantitative estimate of drug-likeness (QED) is 0.743. The molecular formula is C18H21N5O2. The van der Waals surface area contributed by atoms with Crippen molar-refractivity contribution in [2.24, 2.45) is 0 Å². The van der Waals surface area contributed by atoms with E-state index in [-0.39, 0.29) is 11.6 Å². The minimum atomic E-state index is -0.985. The lowest BCUT2D eigenvalue weighted by atomic mass is 10.1. The number of aryl methyl sites for hydroxylation is 1. The largest absolute Gasteiger partial charge is 0.478 e. The van der Waals surface area contributed by atoms with E-state index in [4.69, 9.17) is 0 Å². The lowest BCUT2D eigenvalue weighted by Gasteiger charge is -2.07. The third kappa shape index (κ3) is 3.31. The zero-order chi connectivity index (χ0) is 18.0. The van der Waals surface area contributed by atoms with Crippen molar-refractivity contribution in [3.05, 3.63) is 41.5 Å². The molecule has 3 aromatic heterocycles. The summed E-state index contributed by atoms with van der Waals surface area (Å²) in [5.41, 5.74) is 2.32. The SMILES string of the molecule is CCCn1nccc1/C=C/c1cc(C(=O)O)c2cnn(C(C)C)c2n1. The van der Waals surface area contributed by atoms with Crippen LogP contribution in [0.3, 0.4) is 0 Å². The number of fused-ring (bicyclic) bond motifs is 1. The maximum absolute atomic E-state index is 11.6. The Morgan fingerprint density at radius 1 is 1.32 bits per heavy atom. The Balaban J connectivity index is 2.06. The van der Waals surface area contributed by atoms with E-state index >= 15 is 0 Å². The minimum absolute atomic E-state index is 0.0943. The highest BCUT2D eigenvalue weighted by atomic mass is 16.4. The first-order valence-corrected chi connectivity index (χ1v) is 8.32. The fourth-order valence-corrected chi connectivity index (χ4v) is 2.73. The number of pyridine rings is 1. The molecule has 7 nitrogen and oxygen atoms in total. The Labute approximate surface area is 145 Å². The Bertz CT molecular complexity index is 936. The van der Waals surface area contributed by atoms with E-state index in [1.165, 1.54) is 0 Å². The fourth-order valence-electron chi connectivity index (χ4n) is 2.73. The normalized spacial score (nSPS) is 11.8. The van der Waals surface area contributed by atoms with Crippen molar-refractivity contribution >= 4 is 29.2 Å². The van der Waals surface area contributed by atoms with E-state index in [1.54, 1.807) is 23.1 Å². The van der Waals surface area contributed by atoms with Gasteiger partial charge in [0.15, 0.2) is 5.65 Å². The number of nitrogens with zero attached hydrogens (tertiary/aromatic N) is 5. The number of aromatic nitrogens is 5. The van der Waals surface area contributed by atoms with Gasteiger partial charge in [-0.3, -0.25) is 4.68 Å². The van der Waals surface area contributed by atoms with E-state index in [9.17, 15) is 9.90 Å². The zero-order valence-electron chi connectivity index (χ0n) is 14.5. The topological polar surface area (TPSA) is 85.8 Å². The van der Waals surface area contributed by atoms with E-state index in [0.29, 0.717) is 16.7 Å². The van der Waals surface area contributed by atoms with Crippen LogP contribution in [0.2, 0.25) is 0 Å². The Morgan fingerprint density at radius 3 is 2.80 bits per heavy atom. The summed E-state index contributed by atoms with van der Waals surface area (Å²) in [6.07, 6.45) is 8.02. The molecule has 0 atom stereocenters. The van der Waals surface area contributed by atoms with Crippen LogP contribution in [0.5, 0.6) is 0 Å². The molecule has 25 heavy (non-hydrogen) atoms. The summed E-state index contributed by atoms with van der Waals surface area (Å²) in [4.78, 5) is 16.2. The summed E-state index contributed by atoms with van der Waals surface area (Å²) in [5.74, 6) is -0.985. The zero-order valence-corrected chi connectivity index (χ0v) is 14.5. The lowest BCUT2D eigenvalue weighted by Crippen LogP contribution is -2.05. The molecule has 0 saturated heterocycles. The van der Waals surface area contributed by atoms with Crippen LogP contribution in [0.4, 0.5) is 0 Å². The standard InChI is InChI=1S/C18H21N5O2/c1-4-9-22-14(7-8-19-22)6-5-13-10-15(18(24)25)16-11-20-23(12(2)3)17(16)21-13/h5-8,10-12H,4,9H2,1-3H3,(H,24,25)/b6-5+. The first kappa shape index (κ1) is 16.9. The summed E-state index contributed by atoms with van der Waals surface area (Å²) in [6, 6.07) is 3.59. The molecule has 0 aliphatic carbocycles. The van der Waals surface area contributed by atoms with Gasteiger partial charge in [0.25, 0.3) is 0 Å². The molecule has 0 saturated carbocycles. The molecule has 0 aromatic carbocycles. The number of rotatable bonds is 6. The van der Waals surface area contributed by atoms with Crippen molar-refractivity contribution in [1.29, 1.82) is 0 Å². The van der Waals surface area contributed by atoms with Crippen molar-refractivity contribution in [2.75, 3.05) is 0 Å². The van der Waals surface area contributed by atoms with Crippen molar-refractivity contribution < 1.29 is 9.90 Å². The molecule has 0 radical (unpaired) electrons. The molecule has 0 unspecified atom stereocenters. The summed E-state index contributed by atoms with van der Waals surface area (Å²) in [6.45, 7) is 6.90. The lowest BCUT2D eigenvalue weighted by molar-refractivity contribution is 0.0699. The van der Waals surface area contributed by atoms with Crippen LogP contribution < -0.4 is 0 Å². The molecule has 7 heteroatoms. The number of aromatic carboxylic acids is 1. The number of carbonyl (C=O) groups is 1. The van der Waals surface area contributed by atoms with Crippen molar-refractivity contribution in [3.63, 3.8) is 0 Å². The van der Waals surface area contributed by atoms with Crippen LogP contribution >= 0.6 is 0 Å². The van der Waals surface area contributed by atoms with Gasteiger partial charge in [-0.25, -0.2) is 14.5 Å². The van der Waals surface area contributed by atoms with Gasteiger partial charge in [-0.2, -0.15) is 10.2 Å². The highest BCUT2D eigenvalue weighted by Gasteiger charge is 2.16. The summed E-state index contributed by atoms with van der Waals surface area (Å²) in [5, 5.41) is 18.6. The highest BCUT2D eigenvalue weighted by molar-refractivity contribution is 6.02. The van der Waals surface area contributed by atoms with Gasteiger partial charge in [-0.15, -0.1) is 0 Å². The Kier molecular flexibility index (Phi) is 4.65. The molecule has 3 heterocycles. The first-order valence-electron chi connectivity index (χ1n) is 8.32. The van der Waals surface area contributed by atoms with Gasteiger partial charge >= 0.3 is 5.97 Å². The smallest absolute Gasteiger partial charge is 0.336 e. The molecular weight excluding hydrogens is 318 g/mol. The van der Waals surface area contributed by atoms with Gasteiger partial charge in [0.1, 0.15) is 0 Å². The Morgan fingerprint density at radius 2 is 2.12 bits per heavy atom. The molecule has 0 aliphatic rings. The molecule has 0 fully saturated rings. The second-order valence-electron chi connectivity index (χ2n) is 6.13. The van der Waals surface area contributed by atoms with Crippen LogP contribution in [-0.2, 0) is 6.54 Å². The van der Waals surface area contributed by atoms with Crippen LogP contribution in [0.15, 0.2) is 24.5 Å². The number of carboxylic acid groups (broad SMARTS) is 1. The average molecular weight is 339 g/mol. The second-order valence-corrected chi connectivity index (χ2v) is 6.13. The van der Waals surface area contributed by atoms with E-state index < -0.39 is 5.97 Å². The molecule has 3 rings (SSSR count). The van der Waals surface area contributed by atoms with Crippen molar-refractivity contribution in [1.82, 2.24) is 24.5 Å². The number of hydrogen-bond acceptors (Lipinski definition) is 4. The third-order valence-corrected chi connectivity index (χ3v) is 3.92. The highest BCUT2D eigenvalue weighted by Crippen LogP contribution is 2.22. The second kappa shape index (κ2) is 6.88. The van der Waals surface area contributed by atoms with Gasteiger partial charge < -0.3 is 5.11 Å². The van der Waals surface area contributed by atoms with Crippen LogP contribution in [0.25, 0.3) is 23.2 Å². The van der Waals surface area contributed by atoms with Crippen molar-refractivity contribution in [3.8, 4) is 0 Å². The number of hydrogen-bond donors (Lipinski definition) is 1. The molecule has 0 amide bonds.